The molecular formula is C23H16N2O2. The molecule has 0 aliphatic rings. The van der Waals surface area contributed by atoms with Crippen molar-refractivity contribution in [2.24, 2.45) is 0 Å². The third kappa shape index (κ3) is 2.38. The van der Waals surface area contributed by atoms with Crippen LogP contribution < -0.4 is 4.84 Å². The van der Waals surface area contributed by atoms with Crippen LogP contribution in [0.5, 0.6) is 0 Å². The number of imidazole rings is 1. The Bertz CT molecular complexity index is 1320. The van der Waals surface area contributed by atoms with Gasteiger partial charge in [-0.2, -0.15) is 4.73 Å². The number of hydrogen-bond acceptors (Lipinski definition) is 3. The van der Waals surface area contributed by atoms with Gasteiger partial charge in [0.05, 0.1) is 0 Å². The van der Waals surface area contributed by atoms with E-state index in [0.29, 0.717) is 5.82 Å². The van der Waals surface area contributed by atoms with Gasteiger partial charge in [0.15, 0.2) is 5.82 Å². The minimum atomic E-state index is -0.385. The molecule has 0 aliphatic heterocycles. The number of carbonyl (C=O) groups excluding carboxylic acids is 1. The zero-order valence-corrected chi connectivity index (χ0v) is 14.7. The predicted octanol–water partition coefficient (Wildman–Crippen LogP) is 4.98. The summed E-state index contributed by atoms with van der Waals surface area (Å²) < 4.78 is 1.57. The Balaban J connectivity index is 2.02. The van der Waals surface area contributed by atoms with Crippen LogP contribution in [0.15, 0.2) is 78.9 Å². The molecule has 0 aliphatic carbocycles. The number of benzene rings is 4. The van der Waals surface area contributed by atoms with Crippen LogP contribution in [0.2, 0.25) is 0 Å². The summed E-state index contributed by atoms with van der Waals surface area (Å²) in [5.74, 6) is 0.228. The molecule has 4 nitrogen and oxygen atoms in total. The second kappa shape index (κ2) is 5.95. The van der Waals surface area contributed by atoms with E-state index in [4.69, 9.17) is 9.82 Å². The summed E-state index contributed by atoms with van der Waals surface area (Å²) >= 11 is 0. The summed E-state index contributed by atoms with van der Waals surface area (Å²) in [4.78, 5) is 22.4. The maximum Gasteiger partial charge on any atom is 0.329 e. The third-order valence-corrected chi connectivity index (χ3v) is 4.74. The van der Waals surface area contributed by atoms with Crippen molar-refractivity contribution in [3.63, 3.8) is 0 Å². The molecule has 130 valence electrons. The molecule has 0 unspecified atom stereocenters. The van der Waals surface area contributed by atoms with Crippen molar-refractivity contribution in [2.45, 2.75) is 6.92 Å². The number of fused-ring (bicyclic) bond motifs is 6. The molecule has 0 bridgehead atoms. The van der Waals surface area contributed by atoms with E-state index in [0.717, 1.165) is 38.1 Å². The smallest absolute Gasteiger partial charge is 0.329 e. The topological polar surface area (TPSA) is 44.1 Å². The summed E-state index contributed by atoms with van der Waals surface area (Å²) in [6.07, 6.45) is 0. The molecule has 0 saturated carbocycles. The predicted molar refractivity (Wildman–Crippen MR) is 107 cm³/mol. The molecule has 0 fully saturated rings. The summed E-state index contributed by atoms with van der Waals surface area (Å²) in [6, 6.07) is 26.1. The van der Waals surface area contributed by atoms with Gasteiger partial charge in [0, 0.05) is 23.3 Å². The molecule has 5 rings (SSSR count). The average Bonchev–Trinajstić information content (AvgIpc) is 3.08. The van der Waals surface area contributed by atoms with E-state index in [1.54, 1.807) is 4.73 Å². The highest BCUT2D eigenvalue weighted by Crippen LogP contribution is 2.36. The van der Waals surface area contributed by atoms with Gasteiger partial charge in [0.1, 0.15) is 11.0 Å². The van der Waals surface area contributed by atoms with E-state index in [1.165, 1.54) is 6.92 Å². The van der Waals surface area contributed by atoms with E-state index in [1.807, 2.05) is 60.7 Å². The lowest BCUT2D eigenvalue weighted by atomic mass is 10.0. The van der Waals surface area contributed by atoms with Crippen LogP contribution in [0.4, 0.5) is 0 Å². The molecular weight excluding hydrogens is 336 g/mol. The lowest BCUT2D eigenvalue weighted by molar-refractivity contribution is -0.140. The molecule has 4 heteroatoms. The normalized spacial score (nSPS) is 11.3. The van der Waals surface area contributed by atoms with Gasteiger partial charge in [-0.25, -0.2) is 9.78 Å². The molecule has 5 aromatic rings. The highest BCUT2D eigenvalue weighted by molar-refractivity contribution is 6.23. The Morgan fingerprint density at radius 3 is 2.00 bits per heavy atom. The standard InChI is InChI=1S/C23H16N2O2/c1-15(26)27-25-22-20-14-8-6-12-18(20)17-11-5-7-13-19(17)21(22)24-23(25)16-9-3-2-4-10-16/h2-14H,1H3. The Hall–Kier alpha value is -3.66. The van der Waals surface area contributed by atoms with Crippen molar-refractivity contribution in [2.75, 3.05) is 0 Å². The fourth-order valence-electron chi connectivity index (χ4n) is 3.67. The van der Waals surface area contributed by atoms with Gasteiger partial charge < -0.3 is 4.84 Å². The van der Waals surface area contributed by atoms with Crippen molar-refractivity contribution in [1.29, 1.82) is 0 Å². The fraction of sp³-hybridized carbons (Fsp3) is 0.0435. The quantitative estimate of drug-likeness (QED) is 0.421. The van der Waals surface area contributed by atoms with E-state index in [-0.39, 0.29) is 5.97 Å². The van der Waals surface area contributed by atoms with Crippen LogP contribution in [-0.4, -0.2) is 15.7 Å². The van der Waals surface area contributed by atoms with Gasteiger partial charge in [-0.1, -0.05) is 78.9 Å². The number of rotatable bonds is 2. The Labute approximate surface area is 155 Å². The SMILES string of the molecule is CC(=O)On1c(-c2ccccc2)nc2c3ccccc3c3ccccc3c21. The zero-order valence-electron chi connectivity index (χ0n) is 14.7. The first-order valence-corrected chi connectivity index (χ1v) is 8.80. The van der Waals surface area contributed by atoms with Crippen LogP contribution in [0, 0.1) is 0 Å². The average molecular weight is 352 g/mol. The fourth-order valence-corrected chi connectivity index (χ4v) is 3.67. The highest BCUT2D eigenvalue weighted by Gasteiger charge is 2.20. The first-order chi connectivity index (χ1) is 13.2. The van der Waals surface area contributed by atoms with Gasteiger partial charge in [-0.3, -0.25) is 0 Å². The van der Waals surface area contributed by atoms with Crippen molar-refractivity contribution in [3.05, 3.63) is 78.9 Å². The van der Waals surface area contributed by atoms with Crippen LogP contribution in [0.25, 0.3) is 44.0 Å². The van der Waals surface area contributed by atoms with Crippen molar-refractivity contribution < 1.29 is 9.63 Å². The summed E-state index contributed by atoms with van der Waals surface area (Å²) in [5, 5.41) is 4.28. The molecule has 4 aromatic carbocycles. The van der Waals surface area contributed by atoms with Crippen molar-refractivity contribution >= 4 is 38.5 Å². The summed E-state index contributed by atoms with van der Waals surface area (Å²) in [5.41, 5.74) is 2.52. The first kappa shape index (κ1) is 15.6. The third-order valence-electron chi connectivity index (χ3n) is 4.74. The largest absolute Gasteiger partial charge is 0.335 e. The molecule has 0 N–H and O–H groups in total. The Morgan fingerprint density at radius 1 is 0.778 bits per heavy atom. The van der Waals surface area contributed by atoms with Gasteiger partial charge >= 0.3 is 5.97 Å². The van der Waals surface area contributed by atoms with Gasteiger partial charge in [0.2, 0.25) is 0 Å². The molecule has 27 heavy (non-hydrogen) atoms. The Kier molecular flexibility index (Phi) is 3.44. The molecule has 0 saturated heterocycles. The van der Waals surface area contributed by atoms with E-state index in [2.05, 4.69) is 18.2 Å². The number of nitrogens with zero attached hydrogens (tertiary/aromatic N) is 2. The number of carbonyl (C=O) groups is 1. The minimum absolute atomic E-state index is 0.385. The van der Waals surface area contributed by atoms with Crippen LogP contribution in [-0.2, 0) is 4.79 Å². The summed E-state index contributed by atoms with van der Waals surface area (Å²) in [7, 11) is 0. The van der Waals surface area contributed by atoms with Crippen molar-refractivity contribution in [1.82, 2.24) is 9.71 Å². The van der Waals surface area contributed by atoms with Gasteiger partial charge in [-0.15, -0.1) is 0 Å². The lowest BCUT2D eigenvalue weighted by Crippen LogP contribution is -2.17. The second-order valence-electron chi connectivity index (χ2n) is 6.47. The zero-order chi connectivity index (χ0) is 18.4. The van der Waals surface area contributed by atoms with E-state index < -0.39 is 0 Å². The molecule has 1 heterocycles. The monoisotopic (exact) mass is 352 g/mol. The maximum atomic E-state index is 11.9. The second-order valence-corrected chi connectivity index (χ2v) is 6.47. The Morgan fingerprint density at radius 2 is 1.33 bits per heavy atom. The van der Waals surface area contributed by atoms with Crippen molar-refractivity contribution in [3.8, 4) is 11.4 Å². The molecule has 1 aromatic heterocycles. The highest BCUT2D eigenvalue weighted by atomic mass is 16.7. The van der Waals surface area contributed by atoms with E-state index >= 15 is 0 Å². The number of hydrogen-bond donors (Lipinski definition) is 0. The van der Waals surface area contributed by atoms with Crippen LogP contribution in [0.3, 0.4) is 0 Å². The molecule has 0 spiro atoms. The molecule has 0 atom stereocenters. The number of aromatic nitrogens is 2. The lowest BCUT2D eigenvalue weighted by Gasteiger charge is -2.10. The van der Waals surface area contributed by atoms with Gasteiger partial charge in [-0.05, 0) is 10.8 Å². The molecule has 0 radical (unpaired) electrons. The maximum absolute atomic E-state index is 11.9. The first-order valence-electron chi connectivity index (χ1n) is 8.80. The van der Waals surface area contributed by atoms with Crippen LogP contribution in [0.1, 0.15) is 6.92 Å². The summed E-state index contributed by atoms with van der Waals surface area (Å²) in [6.45, 7) is 1.41. The van der Waals surface area contributed by atoms with E-state index in [9.17, 15) is 4.79 Å². The van der Waals surface area contributed by atoms with Gasteiger partial charge in [0.25, 0.3) is 0 Å². The molecule has 0 amide bonds. The minimum Gasteiger partial charge on any atom is -0.335 e. The van der Waals surface area contributed by atoms with Crippen LogP contribution >= 0.6 is 0 Å².